The van der Waals surface area contributed by atoms with Gasteiger partial charge in [-0.2, -0.15) is 0 Å². The molecule has 1 aromatic heterocycles. The third-order valence-electron chi connectivity index (χ3n) is 7.24. The number of nitrogens with one attached hydrogen (secondary N) is 1. The van der Waals surface area contributed by atoms with E-state index < -0.39 is 17.8 Å². The molecule has 2 N–H and O–H groups in total. The van der Waals surface area contributed by atoms with Crippen LogP contribution in [-0.4, -0.2) is 66.4 Å². The molecule has 3 amide bonds. The van der Waals surface area contributed by atoms with Crippen LogP contribution in [0.3, 0.4) is 0 Å². The number of methoxy groups -OCH3 is 1. The monoisotopic (exact) mass is 620 g/mol. The molecule has 12 heteroatoms. The molecule has 1 aliphatic heterocycles. The van der Waals surface area contributed by atoms with Crippen molar-refractivity contribution in [1.29, 1.82) is 0 Å². The second-order valence-corrected chi connectivity index (χ2v) is 10.7. The minimum absolute atomic E-state index is 0.0119. The Morgan fingerprint density at radius 3 is 2.55 bits per heavy atom. The Labute approximate surface area is 259 Å². The molecule has 0 saturated carbocycles. The molecule has 1 fully saturated rings. The van der Waals surface area contributed by atoms with Gasteiger partial charge in [0.1, 0.15) is 12.4 Å². The Bertz CT molecular complexity index is 1620. The van der Waals surface area contributed by atoms with Crippen LogP contribution in [0.1, 0.15) is 18.4 Å². The van der Waals surface area contributed by atoms with Crippen LogP contribution in [0.2, 0.25) is 0 Å². The topological polar surface area (TPSA) is 113 Å². The molecule has 10 nitrogen and oxygen atoms in total. The van der Waals surface area contributed by atoms with E-state index >= 15 is 4.39 Å². The molecule has 4 aromatic rings. The number of imide groups is 1. The van der Waals surface area contributed by atoms with E-state index in [0.717, 1.165) is 48.4 Å². The quantitative estimate of drug-likeness (QED) is 0.209. The van der Waals surface area contributed by atoms with Crippen molar-refractivity contribution in [1.82, 2.24) is 15.2 Å². The van der Waals surface area contributed by atoms with E-state index in [1.165, 1.54) is 19.2 Å². The van der Waals surface area contributed by atoms with Crippen molar-refractivity contribution in [3.63, 3.8) is 0 Å². The lowest BCUT2D eigenvalue weighted by Crippen LogP contribution is -2.39. The molecular formula is C32H33FN4O6S. The fraction of sp³-hybridized carbons (Fsp3) is 0.281. The number of rotatable bonds is 10. The SMILES string of the molecule is COc1cc2c(Oc3ccc(N(S)C(=O)NC(=O)Cc4ccccc4)cc3F)ccnc2cc1OCCN1CCC(O)CC1. The summed E-state index contributed by atoms with van der Waals surface area (Å²) in [5, 5.41) is 12.5. The maximum Gasteiger partial charge on any atom is 0.338 e. The zero-order valence-electron chi connectivity index (χ0n) is 24.1. The Morgan fingerprint density at radius 1 is 1.05 bits per heavy atom. The first kappa shape index (κ1) is 31.0. The number of halogens is 1. The lowest BCUT2D eigenvalue weighted by atomic mass is 10.1. The number of benzene rings is 3. The van der Waals surface area contributed by atoms with Crippen molar-refractivity contribution in [2.45, 2.75) is 25.4 Å². The standard InChI is InChI=1S/C32H33FN4O6S/c1-41-29-19-24-26(20-30(29)42-16-15-36-13-10-23(38)11-14-36)34-12-9-27(24)43-28-8-7-22(18-25(28)33)37(44)32(40)35-31(39)17-21-5-3-2-4-6-21/h2-9,12,18-20,23,38,44H,10-11,13-17H2,1H3,(H,35,39,40). The summed E-state index contributed by atoms with van der Waals surface area (Å²) in [7, 11) is 1.53. The van der Waals surface area contributed by atoms with Gasteiger partial charge in [0.25, 0.3) is 0 Å². The molecule has 0 atom stereocenters. The van der Waals surface area contributed by atoms with Gasteiger partial charge in [0.15, 0.2) is 23.1 Å². The molecule has 1 saturated heterocycles. The van der Waals surface area contributed by atoms with E-state index in [1.807, 2.05) is 6.07 Å². The van der Waals surface area contributed by atoms with E-state index in [-0.39, 0.29) is 24.0 Å². The highest BCUT2D eigenvalue weighted by molar-refractivity contribution is 7.82. The number of fused-ring (bicyclic) bond motifs is 1. The van der Waals surface area contributed by atoms with E-state index in [4.69, 9.17) is 14.2 Å². The van der Waals surface area contributed by atoms with Gasteiger partial charge in [0.2, 0.25) is 5.91 Å². The van der Waals surface area contributed by atoms with Gasteiger partial charge in [-0.25, -0.2) is 13.5 Å². The number of aliphatic hydroxyl groups is 1. The minimum atomic E-state index is -0.817. The fourth-order valence-corrected chi connectivity index (χ4v) is 5.03. The zero-order valence-corrected chi connectivity index (χ0v) is 25.0. The van der Waals surface area contributed by atoms with Crippen LogP contribution in [0.25, 0.3) is 10.9 Å². The van der Waals surface area contributed by atoms with Crippen molar-refractivity contribution >= 4 is 41.3 Å². The first-order valence-corrected chi connectivity index (χ1v) is 14.5. The molecule has 3 aromatic carbocycles. The van der Waals surface area contributed by atoms with Crippen LogP contribution in [0.15, 0.2) is 72.9 Å². The third-order valence-corrected chi connectivity index (χ3v) is 7.65. The number of hydrogen-bond acceptors (Lipinski definition) is 9. The van der Waals surface area contributed by atoms with Crippen LogP contribution in [0.4, 0.5) is 14.9 Å². The number of ether oxygens (including phenoxy) is 3. The zero-order chi connectivity index (χ0) is 31.1. The van der Waals surface area contributed by atoms with Gasteiger partial charge < -0.3 is 19.3 Å². The van der Waals surface area contributed by atoms with E-state index in [2.05, 4.69) is 28.0 Å². The van der Waals surface area contributed by atoms with Crippen molar-refractivity contribution < 1.29 is 33.3 Å². The molecule has 2 heterocycles. The predicted molar refractivity (Wildman–Crippen MR) is 167 cm³/mol. The molecule has 44 heavy (non-hydrogen) atoms. The maximum atomic E-state index is 15.2. The molecule has 0 aliphatic carbocycles. The summed E-state index contributed by atoms with van der Waals surface area (Å²) in [5.41, 5.74) is 1.41. The highest BCUT2D eigenvalue weighted by Crippen LogP contribution is 2.38. The number of aromatic nitrogens is 1. The van der Waals surface area contributed by atoms with Gasteiger partial charge in [-0.15, -0.1) is 0 Å². The van der Waals surface area contributed by atoms with Crippen molar-refractivity contribution in [3.05, 3.63) is 84.3 Å². The number of anilines is 1. The average Bonchev–Trinajstić information content (AvgIpc) is 3.02. The number of amides is 3. The smallest absolute Gasteiger partial charge is 0.338 e. The summed E-state index contributed by atoms with van der Waals surface area (Å²) in [6.45, 7) is 2.81. The average molecular weight is 621 g/mol. The maximum absolute atomic E-state index is 15.2. The molecule has 0 unspecified atom stereocenters. The minimum Gasteiger partial charge on any atom is -0.493 e. The van der Waals surface area contributed by atoms with Crippen LogP contribution >= 0.6 is 12.8 Å². The Kier molecular flexibility index (Phi) is 10.2. The second kappa shape index (κ2) is 14.4. The fourth-order valence-electron chi connectivity index (χ4n) is 4.86. The van der Waals surface area contributed by atoms with Crippen LogP contribution in [-0.2, 0) is 11.2 Å². The summed E-state index contributed by atoms with van der Waals surface area (Å²) in [4.78, 5) is 31.5. The van der Waals surface area contributed by atoms with Crippen molar-refractivity contribution in [3.8, 4) is 23.0 Å². The summed E-state index contributed by atoms with van der Waals surface area (Å²) >= 11 is 4.15. The van der Waals surface area contributed by atoms with E-state index in [9.17, 15) is 14.7 Å². The molecular weight excluding hydrogens is 587 g/mol. The number of pyridine rings is 1. The lowest BCUT2D eigenvalue weighted by Gasteiger charge is -2.29. The number of carbonyl (C=O) groups excluding carboxylic acids is 2. The summed E-state index contributed by atoms with van der Waals surface area (Å²) in [6.07, 6.45) is 2.85. The van der Waals surface area contributed by atoms with Crippen LogP contribution < -0.4 is 23.8 Å². The van der Waals surface area contributed by atoms with Gasteiger partial charge in [-0.1, -0.05) is 43.1 Å². The first-order chi connectivity index (χ1) is 21.3. The third kappa shape index (κ3) is 7.76. The molecule has 5 rings (SSSR count). The Balaban J connectivity index is 1.24. The highest BCUT2D eigenvalue weighted by atomic mass is 32.1. The molecule has 1 aliphatic rings. The first-order valence-electron chi connectivity index (χ1n) is 14.1. The van der Waals surface area contributed by atoms with Crippen molar-refractivity contribution in [2.24, 2.45) is 0 Å². The normalized spacial score (nSPS) is 13.8. The van der Waals surface area contributed by atoms with E-state index in [0.29, 0.717) is 34.8 Å². The van der Waals surface area contributed by atoms with Gasteiger partial charge in [0, 0.05) is 43.4 Å². The number of thiol groups is 1. The molecule has 0 bridgehead atoms. The van der Waals surface area contributed by atoms with Crippen LogP contribution in [0.5, 0.6) is 23.0 Å². The molecule has 0 radical (unpaired) electrons. The summed E-state index contributed by atoms with van der Waals surface area (Å²) < 4.78 is 33.5. The number of piperidine rings is 1. The lowest BCUT2D eigenvalue weighted by molar-refractivity contribution is -0.119. The number of urea groups is 1. The van der Waals surface area contributed by atoms with Gasteiger partial charge in [-0.05, 0) is 42.7 Å². The van der Waals surface area contributed by atoms with Gasteiger partial charge in [-0.3, -0.25) is 20.0 Å². The Hall–Kier alpha value is -4.39. The summed E-state index contributed by atoms with van der Waals surface area (Å²) in [5.74, 6) is -0.0192. The largest absolute Gasteiger partial charge is 0.493 e. The number of carbonyl (C=O) groups is 2. The molecule has 230 valence electrons. The van der Waals surface area contributed by atoms with Gasteiger partial charge >= 0.3 is 6.03 Å². The number of aliphatic hydroxyl groups excluding tert-OH is 1. The van der Waals surface area contributed by atoms with E-state index in [1.54, 1.807) is 48.7 Å². The summed E-state index contributed by atoms with van der Waals surface area (Å²) in [6, 6.07) is 17.1. The van der Waals surface area contributed by atoms with Crippen LogP contribution in [0, 0.1) is 5.82 Å². The number of hydrogen-bond donors (Lipinski definition) is 3. The highest BCUT2D eigenvalue weighted by Gasteiger charge is 2.20. The van der Waals surface area contributed by atoms with Gasteiger partial charge in [0.05, 0.1) is 30.8 Å². The Morgan fingerprint density at radius 2 is 1.82 bits per heavy atom. The number of nitrogens with zero attached hydrogens (tertiary/aromatic N) is 3. The van der Waals surface area contributed by atoms with Crippen molar-refractivity contribution in [2.75, 3.05) is 37.7 Å². The molecule has 0 spiro atoms. The predicted octanol–water partition coefficient (Wildman–Crippen LogP) is 5.14. The number of likely N-dealkylation sites (tertiary alicyclic amines) is 1. The second-order valence-electron chi connectivity index (χ2n) is 10.3.